The average molecular weight is 382 g/mol. The van der Waals surface area contributed by atoms with Gasteiger partial charge in [-0.1, -0.05) is 23.7 Å². The van der Waals surface area contributed by atoms with Gasteiger partial charge in [0.1, 0.15) is 5.75 Å². The number of ether oxygens (including phenoxy) is 1. The Morgan fingerprint density at radius 3 is 2.36 bits per heavy atom. The molecule has 0 N–H and O–H groups in total. The number of sulfone groups is 1. The number of carbonyl (C=O) groups excluding carboxylic acids is 1. The summed E-state index contributed by atoms with van der Waals surface area (Å²) in [4.78, 5) is 14.1. The minimum atomic E-state index is -3.10. The van der Waals surface area contributed by atoms with E-state index in [2.05, 4.69) is 0 Å². The third-order valence-corrected chi connectivity index (χ3v) is 4.72. The molecule has 0 unspecified atom stereocenters. The number of amides is 1. The Kier molecular flexibility index (Phi) is 6.08. The quantitative estimate of drug-likeness (QED) is 0.771. The molecule has 1 amide bonds. The molecule has 0 saturated heterocycles. The van der Waals surface area contributed by atoms with Crippen molar-refractivity contribution in [2.75, 3.05) is 20.4 Å². The van der Waals surface area contributed by atoms with Gasteiger partial charge in [-0.2, -0.15) is 0 Å². The number of nitrogens with zero attached hydrogens (tertiary/aromatic N) is 1. The molecule has 0 aliphatic carbocycles. The van der Waals surface area contributed by atoms with E-state index >= 15 is 0 Å². The summed E-state index contributed by atoms with van der Waals surface area (Å²) < 4.78 is 27.9. The van der Waals surface area contributed by atoms with Gasteiger partial charge in [0.2, 0.25) is 0 Å². The van der Waals surface area contributed by atoms with E-state index in [9.17, 15) is 13.2 Å². The molecule has 0 aliphatic heterocycles. The summed E-state index contributed by atoms with van der Waals surface area (Å²) >= 11 is 6.02. The molecule has 25 heavy (non-hydrogen) atoms. The van der Waals surface area contributed by atoms with Crippen LogP contribution in [0.2, 0.25) is 5.02 Å². The minimum absolute atomic E-state index is 0.0446. The van der Waals surface area contributed by atoms with Crippen molar-refractivity contribution in [3.05, 3.63) is 64.2 Å². The van der Waals surface area contributed by atoms with Crippen LogP contribution in [0.15, 0.2) is 42.5 Å². The first kappa shape index (κ1) is 19.3. The number of benzene rings is 2. The molecule has 0 aliphatic rings. The standard InChI is InChI=1S/C18H20ClNO4S/c1-20(11-15-10-16(19)8-9-17(15)24-2)18(21)14-6-4-13(5-7-14)12-25(3,22)23/h4-10H,11-12H2,1-3H3. The van der Waals surface area contributed by atoms with Gasteiger partial charge < -0.3 is 9.64 Å². The van der Waals surface area contributed by atoms with Crippen molar-refractivity contribution >= 4 is 27.3 Å². The third kappa shape index (κ3) is 5.47. The van der Waals surface area contributed by atoms with E-state index in [0.29, 0.717) is 28.4 Å². The summed E-state index contributed by atoms with van der Waals surface area (Å²) in [5.74, 6) is 0.442. The molecule has 2 aromatic rings. The maximum absolute atomic E-state index is 12.6. The summed E-state index contributed by atoms with van der Waals surface area (Å²) in [6.07, 6.45) is 1.18. The molecule has 0 aromatic heterocycles. The molecule has 0 bridgehead atoms. The highest BCUT2D eigenvalue weighted by atomic mass is 35.5. The Labute approximate surface area is 153 Å². The second-order valence-electron chi connectivity index (χ2n) is 5.88. The smallest absolute Gasteiger partial charge is 0.253 e. The van der Waals surface area contributed by atoms with Crippen molar-refractivity contribution in [3.8, 4) is 5.75 Å². The van der Waals surface area contributed by atoms with E-state index in [1.807, 2.05) is 0 Å². The van der Waals surface area contributed by atoms with Crippen molar-refractivity contribution in [2.45, 2.75) is 12.3 Å². The first-order chi connectivity index (χ1) is 11.7. The highest BCUT2D eigenvalue weighted by molar-refractivity contribution is 7.89. The Hall–Kier alpha value is -2.05. The Morgan fingerprint density at radius 1 is 1.16 bits per heavy atom. The lowest BCUT2D eigenvalue weighted by Gasteiger charge is -2.19. The molecule has 0 spiro atoms. The molecule has 7 heteroatoms. The van der Waals surface area contributed by atoms with Gasteiger partial charge >= 0.3 is 0 Å². The SMILES string of the molecule is COc1ccc(Cl)cc1CN(C)C(=O)c1ccc(CS(C)(=O)=O)cc1. The maximum Gasteiger partial charge on any atom is 0.253 e. The van der Waals surface area contributed by atoms with E-state index < -0.39 is 9.84 Å². The fourth-order valence-corrected chi connectivity index (χ4v) is 3.46. The van der Waals surface area contributed by atoms with E-state index in [-0.39, 0.29) is 11.7 Å². The number of halogens is 1. The maximum atomic E-state index is 12.6. The Bertz CT molecular complexity index is 863. The fraction of sp³-hybridized carbons (Fsp3) is 0.278. The molecule has 5 nitrogen and oxygen atoms in total. The van der Waals surface area contributed by atoms with Gasteiger partial charge in [-0.15, -0.1) is 0 Å². The molecule has 0 atom stereocenters. The van der Waals surface area contributed by atoms with Crippen LogP contribution in [-0.4, -0.2) is 39.6 Å². The minimum Gasteiger partial charge on any atom is -0.496 e. The molecule has 0 radical (unpaired) electrons. The molecule has 0 saturated carbocycles. The molecule has 0 fully saturated rings. The van der Waals surface area contributed by atoms with Crippen molar-refractivity contribution in [1.29, 1.82) is 0 Å². The number of carbonyl (C=O) groups is 1. The predicted molar refractivity (Wildman–Crippen MR) is 98.8 cm³/mol. The van der Waals surface area contributed by atoms with Crippen molar-refractivity contribution < 1.29 is 17.9 Å². The van der Waals surface area contributed by atoms with Crippen LogP contribution in [0.1, 0.15) is 21.5 Å². The fourth-order valence-electron chi connectivity index (χ4n) is 2.46. The summed E-state index contributed by atoms with van der Waals surface area (Å²) in [6.45, 7) is 0.341. The van der Waals surface area contributed by atoms with Gasteiger partial charge in [0.25, 0.3) is 5.91 Å². The lowest BCUT2D eigenvalue weighted by atomic mass is 10.1. The highest BCUT2D eigenvalue weighted by Crippen LogP contribution is 2.24. The summed E-state index contributed by atoms with van der Waals surface area (Å²) in [7, 11) is 0.151. The van der Waals surface area contributed by atoms with Gasteiger partial charge in [-0.3, -0.25) is 4.79 Å². The van der Waals surface area contributed by atoms with Crippen LogP contribution in [0, 0.1) is 0 Å². The summed E-state index contributed by atoms with van der Waals surface area (Å²) in [5.41, 5.74) is 1.94. The van der Waals surface area contributed by atoms with E-state index in [1.54, 1.807) is 61.5 Å². The van der Waals surface area contributed by atoms with Crippen LogP contribution >= 0.6 is 11.6 Å². The van der Waals surface area contributed by atoms with Gasteiger partial charge in [-0.25, -0.2) is 8.42 Å². The molecule has 0 heterocycles. The predicted octanol–water partition coefficient (Wildman–Crippen LogP) is 3.17. The monoisotopic (exact) mass is 381 g/mol. The first-order valence-corrected chi connectivity index (χ1v) is 9.98. The van der Waals surface area contributed by atoms with Crippen molar-refractivity contribution in [1.82, 2.24) is 4.90 Å². The van der Waals surface area contributed by atoms with Crippen LogP contribution in [0.25, 0.3) is 0 Å². The number of methoxy groups -OCH3 is 1. The van der Waals surface area contributed by atoms with Gasteiger partial charge in [0.05, 0.1) is 12.9 Å². The lowest BCUT2D eigenvalue weighted by Crippen LogP contribution is -2.26. The molecular weight excluding hydrogens is 362 g/mol. The second-order valence-corrected chi connectivity index (χ2v) is 8.46. The summed E-state index contributed by atoms with van der Waals surface area (Å²) in [6, 6.07) is 11.8. The van der Waals surface area contributed by atoms with Crippen LogP contribution in [-0.2, 0) is 22.1 Å². The Morgan fingerprint density at radius 2 is 1.80 bits per heavy atom. The van der Waals surface area contributed by atoms with E-state index in [0.717, 1.165) is 5.56 Å². The van der Waals surface area contributed by atoms with Crippen LogP contribution in [0.4, 0.5) is 0 Å². The average Bonchev–Trinajstić information content (AvgIpc) is 2.53. The molecule has 2 rings (SSSR count). The number of rotatable bonds is 6. The van der Waals surface area contributed by atoms with Gasteiger partial charge in [0.15, 0.2) is 9.84 Å². The zero-order chi connectivity index (χ0) is 18.6. The molecule has 2 aromatic carbocycles. The normalized spacial score (nSPS) is 11.2. The zero-order valence-corrected chi connectivity index (χ0v) is 15.9. The van der Waals surface area contributed by atoms with Crippen LogP contribution in [0.3, 0.4) is 0 Å². The van der Waals surface area contributed by atoms with Crippen LogP contribution < -0.4 is 4.74 Å². The zero-order valence-electron chi connectivity index (χ0n) is 14.3. The van der Waals surface area contributed by atoms with Crippen LogP contribution in [0.5, 0.6) is 5.75 Å². The second kappa shape index (κ2) is 7.89. The largest absolute Gasteiger partial charge is 0.496 e. The third-order valence-electron chi connectivity index (χ3n) is 3.63. The highest BCUT2D eigenvalue weighted by Gasteiger charge is 2.15. The molecular formula is C18H20ClNO4S. The van der Waals surface area contributed by atoms with Gasteiger partial charge in [-0.05, 0) is 35.9 Å². The number of hydrogen-bond acceptors (Lipinski definition) is 4. The Balaban J connectivity index is 2.13. The topological polar surface area (TPSA) is 63.7 Å². The van der Waals surface area contributed by atoms with Crippen molar-refractivity contribution in [2.24, 2.45) is 0 Å². The number of hydrogen-bond donors (Lipinski definition) is 0. The first-order valence-electron chi connectivity index (χ1n) is 7.54. The van der Waals surface area contributed by atoms with Gasteiger partial charge in [0, 0.05) is 36.0 Å². The molecule has 134 valence electrons. The lowest BCUT2D eigenvalue weighted by molar-refractivity contribution is 0.0784. The van der Waals surface area contributed by atoms with E-state index in [4.69, 9.17) is 16.3 Å². The summed E-state index contributed by atoms with van der Waals surface area (Å²) in [5, 5.41) is 0.571. The van der Waals surface area contributed by atoms with E-state index in [1.165, 1.54) is 6.26 Å². The van der Waals surface area contributed by atoms with Crippen molar-refractivity contribution in [3.63, 3.8) is 0 Å².